The van der Waals surface area contributed by atoms with E-state index in [9.17, 15) is 19.2 Å². The molecule has 3 rings (SSSR count). The average molecular weight is 436 g/mol. The molecule has 0 spiro atoms. The molecule has 2 atom stereocenters. The summed E-state index contributed by atoms with van der Waals surface area (Å²) in [6, 6.07) is 0. The molecule has 1 saturated carbocycles. The quantitative estimate of drug-likeness (QED) is 0.361. The van der Waals surface area contributed by atoms with Gasteiger partial charge in [-0.3, -0.25) is 19.2 Å². The Hall–Kier alpha value is -0.900. The van der Waals surface area contributed by atoms with Crippen molar-refractivity contribution >= 4 is 23.1 Å². The Kier molecular flexibility index (Phi) is 12.1. The van der Waals surface area contributed by atoms with Gasteiger partial charge in [-0.25, -0.2) is 0 Å². The Morgan fingerprint density at radius 3 is 1.87 bits per heavy atom. The number of aliphatic hydroxyl groups excluding tert-OH is 1. The van der Waals surface area contributed by atoms with Crippen LogP contribution in [0.3, 0.4) is 0 Å². The summed E-state index contributed by atoms with van der Waals surface area (Å²) in [5, 5.41) is 15.2. The molecule has 0 bridgehead atoms. The van der Waals surface area contributed by atoms with Gasteiger partial charge in [0.1, 0.15) is 0 Å². The molecule has 2 fully saturated rings. The Morgan fingerprint density at radius 1 is 0.967 bits per heavy atom. The van der Waals surface area contributed by atoms with E-state index in [0.29, 0.717) is 12.0 Å². The number of rotatable bonds is 1. The predicted octanol–water partition coefficient (Wildman–Crippen LogP) is -2.22. The number of Topliss-reactive ketones (excluding diaryl/α,β-unsaturated/α-hetero) is 4. The molecular weight excluding hydrogens is 403 g/mol. The van der Waals surface area contributed by atoms with Crippen LogP contribution in [0, 0.1) is 10.8 Å². The van der Waals surface area contributed by atoms with Crippen LogP contribution in [0.4, 0.5) is 0 Å². The summed E-state index contributed by atoms with van der Waals surface area (Å²) in [6.07, 6.45) is 0.136. The van der Waals surface area contributed by atoms with E-state index in [-0.39, 0.29) is 64.9 Å². The molecule has 2 aliphatic carbocycles. The van der Waals surface area contributed by atoms with E-state index in [1.165, 1.54) is 7.11 Å². The third kappa shape index (κ3) is 6.31. The topological polar surface area (TPSA) is 133 Å². The second kappa shape index (κ2) is 11.6. The summed E-state index contributed by atoms with van der Waals surface area (Å²) < 4.78 is 10.0. The van der Waals surface area contributed by atoms with Gasteiger partial charge in [0.05, 0.1) is 7.11 Å². The fourth-order valence-corrected chi connectivity index (χ4v) is 3.69. The van der Waals surface area contributed by atoms with Gasteiger partial charge in [0.25, 0.3) is 0 Å². The number of aliphatic hydroxyl groups is 1. The zero-order valence-electron chi connectivity index (χ0n) is 19.8. The number of hydrogen-bond donors (Lipinski definition) is 1. The van der Waals surface area contributed by atoms with Crippen LogP contribution < -0.4 is 34.7 Å². The summed E-state index contributed by atoms with van der Waals surface area (Å²) in [4.78, 5) is 46.1. The fourth-order valence-electron chi connectivity index (χ4n) is 3.69. The van der Waals surface area contributed by atoms with Crippen LogP contribution in [0.1, 0.15) is 54.4 Å². The molecule has 8 nitrogen and oxygen atoms in total. The van der Waals surface area contributed by atoms with Gasteiger partial charge in [-0.1, -0.05) is 27.7 Å². The van der Waals surface area contributed by atoms with Gasteiger partial charge < -0.3 is 19.7 Å². The van der Waals surface area contributed by atoms with Gasteiger partial charge in [-0.2, -0.15) is 7.11 Å². The van der Waals surface area contributed by atoms with E-state index in [1.807, 2.05) is 0 Å². The first-order chi connectivity index (χ1) is 13.3. The first-order valence-corrected chi connectivity index (χ1v) is 9.22. The Balaban J connectivity index is 0. The maximum Gasteiger partial charge on any atom is 1.00 e. The number of methoxy groups -OCH3 is 1. The van der Waals surface area contributed by atoms with Crippen molar-refractivity contribution in [1.82, 2.24) is 0 Å². The van der Waals surface area contributed by atoms with E-state index in [4.69, 9.17) is 19.7 Å². The van der Waals surface area contributed by atoms with Crippen molar-refractivity contribution in [1.29, 1.82) is 0 Å². The van der Waals surface area contributed by atoms with Gasteiger partial charge in [-0.05, 0) is 13.8 Å². The Labute approximate surface area is 200 Å². The zero-order chi connectivity index (χ0) is 23.4. The molecular formula is C21H33NaO8. The molecule has 1 N–H and O–H groups in total. The average Bonchev–Trinajstić information content (AvgIpc) is 3.36. The molecule has 1 aliphatic heterocycles. The predicted molar refractivity (Wildman–Crippen MR) is 104 cm³/mol. The minimum absolute atomic E-state index is 0. The van der Waals surface area contributed by atoms with Crippen LogP contribution in [0.15, 0.2) is 11.3 Å². The summed E-state index contributed by atoms with van der Waals surface area (Å²) in [7, 11) is 3.17. The molecule has 1 saturated heterocycles. The molecule has 9 heteroatoms. The molecule has 0 amide bonds. The smallest absolute Gasteiger partial charge is 0.857 e. The minimum atomic E-state index is -0.779. The van der Waals surface area contributed by atoms with Gasteiger partial charge in [0.15, 0.2) is 40.6 Å². The third-order valence-electron chi connectivity index (χ3n) is 5.14. The van der Waals surface area contributed by atoms with Crippen molar-refractivity contribution in [3.8, 4) is 0 Å². The third-order valence-corrected chi connectivity index (χ3v) is 5.14. The number of fused-ring (bicyclic) bond motifs is 1. The number of carbonyl (C=O) groups excluding carboxylic acids is 4. The van der Waals surface area contributed by atoms with Crippen LogP contribution in [-0.2, 0) is 28.7 Å². The van der Waals surface area contributed by atoms with E-state index in [0.717, 1.165) is 14.2 Å². The SMILES string of the molecule is CC1(C)CC(=O)C2OC2(C)C1=O.CO.COC1=C(C)C(=O)C(C)(C)CC1=O.C[O-].[Na+]. The second-order valence-corrected chi connectivity index (χ2v) is 8.43. The molecule has 0 aromatic carbocycles. The number of ether oxygens (including phenoxy) is 2. The summed E-state index contributed by atoms with van der Waals surface area (Å²) in [5.74, 6) is 0.291. The Morgan fingerprint density at radius 2 is 1.43 bits per heavy atom. The normalized spacial score (nSPS) is 27.6. The van der Waals surface area contributed by atoms with Crippen LogP contribution in [-0.4, -0.2) is 61.3 Å². The van der Waals surface area contributed by atoms with Crippen LogP contribution in [0.5, 0.6) is 0 Å². The number of ketones is 4. The van der Waals surface area contributed by atoms with Crippen molar-refractivity contribution in [2.45, 2.75) is 66.1 Å². The van der Waals surface area contributed by atoms with E-state index in [2.05, 4.69) is 0 Å². The molecule has 2 unspecified atom stereocenters. The Bertz CT molecular complexity index is 701. The second-order valence-electron chi connectivity index (χ2n) is 8.43. The standard InChI is InChI=1S/C10H14O3.C9H12O3.CH4O.CH3O.Na/c1-6-8(13-4)7(11)5-10(2,3)9(6)12;1-8(2)4-5(10)6-9(3,12-6)7(8)11;2*1-2;/h5H2,1-4H3;6H,4H2,1-3H3;2H,1H3;1H3;/q;;;-1;+1. The molecule has 0 aromatic rings. The molecule has 30 heavy (non-hydrogen) atoms. The zero-order valence-corrected chi connectivity index (χ0v) is 21.8. The van der Waals surface area contributed by atoms with Crippen molar-refractivity contribution in [3.05, 3.63) is 11.3 Å². The maximum absolute atomic E-state index is 11.7. The van der Waals surface area contributed by atoms with Crippen LogP contribution in [0.25, 0.3) is 0 Å². The summed E-state index contributed by atoms with van der Waals surface area (Å²) in [5.41, 5.74) is -1.43. The van der Waals surface area contributed by atoms with Gasteiger partial charge in [-0.15, -0.1) is 0 Å². The first kappa shape index (κ1) is 31.3. The van der Waals surface area contributed by atoms with Crippen molar-refractivity contribution in [2.75, 3.05) is 21.3 Å². The number of carbonyl (C=O) groups is 4. The molecule has 0 aromatic heterocycles. The monoisotopic (exact) mass is 436 g/mol. The molecule has 0 radical (unpaired) electrons. The number of epoxide rings is 1. The fraction of sp³-hybridized carbons (Fsp3) is 0.714. The minimum Gasteiger partial charge on any atom is -0.857 e. The first-order valence-electron chi connectivity index (χ1n) is 9.22. The van der Waals surface area contributed by atoms with Crippen molar-refractivity contribution in [3.63, 3.8) is 0 Å². The summed E-state index contributed by atoms with van der Waals surface area (Å²) >= 11 is 0. The largest absolute Gasteiger partial charge is 1.00 e. The molecule has 1 heterocycles. The van der Waals surface area contributed by atoms with Gasteiger partial charge >= 0.3 is 29.6 Å². The molecule has 3 aliphatic rings. The number of allylic oxidation sites excluding steroid dienone is 2. The van der Waals surface area contributed by atoms with Crippen LogP contribution >= 0.6 is 0 Å². The van der Waals surface area contributed by atoms with E-state index < -0.39 is 22.5 Å². The number of hydrogen-bond acceptors (Lipinski definition) is 8. The van der Waals surface area contributed by atoms with E-state index >= 15 is 0 Å². The van der Waals surface area contributed by atoms with Crippen molar-refractivity contribution in [2.24, 2.45) is 10.8 Å². The molecule has 166 valence electrons. The van der Waals surface area contributed by atoms with Gasteiger partial charge in [0, 0.05) is 36.4 Å². The van der Waals surface area contributed by atoms with Crippen molar-refractivity contribution < 1.29 is 68.4 Å². The maximum atomic E-state index is 11.7. The van der Waals surface area contributed by atoms with Gasteiger partial charge in [0.2, 0.25) is 0 Å². The van der Waals surface area contributed by atoms with E-state index in [1.54, 1.807) is 41.5 Å². The van der Waals surface area contributed by atoms with Crippen LogP contribution in [0.2, 0.25) is 0 Å². The summed E-state index contributed by atoms with van der Waals surface area (Å²) in [6.45, 7) is 10.5.